The van der Waals surface area contributed by atoms with E-state index in [1.54, 1.807) is 48.5 Å². The summed E-state index contributed by atoms with van der Waals surface area (Å²) in [5.74, 6) is 0.658. The van der Waals surface area contributed by atoms with Crippen molar-refractivity contribution in [2.45, 2.75) is 20.3 Å². The van der Waals surface area contributed by atoms with Crippen LogP contribution in [0.4, 0.5) is 5.69 Å². The van der Waals surface area contributed by atoms with E-state index in [4.69, 9.17) is 4.74 Å². The van der Waals surface area contributed by atoms with Gasteiger partial charge in [-0.1, -0.05) is 56.3 Å². The molecule has 2 N–H and O–H groups in total. The van der Waals surface area contributed by atoms with Crippen molar-refractivity contribution in [1.82, 2.24) is 5.32 Å². The van der Waals surface area contributed by atoms with Crippen LogP contribution in [0.2, 0.25) is 0 Å². The molecule has 0 spiro atoms. The lowest BCUT2D eigenvalue weighted by atomic mass is 10.1. The Morgan fingerprint density at radius 1 is 0.839 bits per heavy atom. The topological polar surface area (TPSA) is 67.4 Å². The van der Waals surface area contributed by atoms with Gasteiger partial charge >= 0.3 is 0 Å². The van der Waals surface area contributed by atoms with Gasteiger partial charge in [0.05, 0.1) is 17.9 Å². The summed E-state index contributed by atoms with van der Waals surface area (Å²) in [6, 6.07) is 24.0. The van der Waals surface area contributed by atoms with E-state index in [1.807, 2.05) is 30.3 Å². The highest BCUT2D eigenvalue weighted by Gasteiger charge is 2.14. The summed E-state index contributed by atoms with van der Waals surface area (Å²) < 4.78 is 5.66. The van der Waals surface area contributed by atoms with E-state index in [9.17, 15) is 9.59 Å². The van der Waals surface area contributed by atoms with Crippen molar-refractivity contribution in [2.75, 3.05) is 18.5 Å². The maximum absolute atomic E-state index is 12.7. The van der Waals surface area contributed by atoms with E-state index in [0.717, 1.165) is 17.7 Å². The van der Waals surface area contributed by atoms with Crippen molar-refractivity contribution < 1.29 is 14.3 Å². The van der Waals surface area contributed by atoms with E-state index >= 15 is 0 Å². The molecule has 0 saturated heterocycles. The van der Waals surface area contributed by atoms with Crippen LogP contribution in [0.3, 0.4) is 0 Å². The maximum atomic E-state index is 12.7. The fraction of sp³-hybridized carbons (Fsp3) is 0.231. The van der Waals surface area contributed by atoms with Crippen LogP contribution in [0.15, 0.2) is 78.9 Å². The number of nitrogens with one attached hydrogen (secondary N) is 2. The first-order valence-electron chi connectivity index (χ1n) is 10.5. The normalized spacial score (nSPS) is 10.5. The van der Waals surface area contributed by atoms with Crippen molar-refractivity contribution in [2.24, 2.45) is 5.92 Å². The summed E-state index contributed by atoms with van der Waals surface area (Å²) in [6.45, 7) is 5.30. The molecule has 0 saturated carbocycles. The summed E-state index contributed by atoms with van der Waals surface area (Å²) in [6.07, 6.45) is 0.742. The van der Waals surface area contributed by atoms with Gasteiger partial charge in [0.1, 0.15) is 5.75 Å². The van der Waals surface area contributed by atoms with Gasteiger partial charge in [-0.2, -0.15) is 0 Å². The Labute approximate surface area is 183 Å². The zero-order valence-electron chi connectivity index (χ0n) is 17.9. The quantitative estimate of drug-likeness (QED) is 0.519. The average Bonchev–Trinajstić information content (AvgIpc) is 2.79. The zero-order valence-corrected chi connectivity index (χ0v) is 17.9. The molecular formula is C26H28N2O3. The molecule has 2 amide bonds. The highest BCUT2D eigenvalue weighted by molar-refractivity contribution is 6.09. The number of rotatable bonds is 9. The van der Waals surface area contributed by atoms with Crippen LogP contribution in [0.25, 0.3) is 0 Å². The molecule has 3 aromatic rings. The van der Waals surface area contributed by atoms with Crippen LogP contribution in [0.5, 0.6) is 5.75 Å². The van der Waals surface area contributed by atoms with Crippen LogP contribution in [-0.4, -0.2) is 25.0 Å². The molecule has 0 aliphatic rings. The molecular weight excluding hydrogens is 388 g/mol. The molecule has 0 radical (unpaired) electrons. The minimum atomic E-state index is -0.278. The van der Waals surface area contributed by atoms with Crippen LogP contribution in [0.1, 0.15) is 40.1 Å². The van der Waals surface area contributed by atoms with Gasteiger partial charge in [0.15, 0.2) is 0 Å². The number of amides is 2. The highest BCUT2D eigenvalue weighted by atomic mass is 16.5. The van der Waals surface area contributed by atoms with Gasteiger partial charge in [-0.25, -0.2) is 0 Å². The number of hydrogen-bond acceptors (Lipinski definition) is 3. The summed E-state index contributed by atoms with van der Waals surface area (Å²) >= 11 is 0. The van der Waals surface area contributed by atoms with Gasteiger partial charge in [-0.05, 0) is 54.3 Å². The number of hydrogen-bond donors (Lipinski definition) is 2. The minimum Gasteiger partial charge on any atom is -0.493 e. The van der Waals surface area contributed by atoms with Crippen molar-refractivity contribution in [1.29, 1.82) is 0 Å². The molecule has 0 aliphatic carbocycles. The summed E-state index contributed by atoms with van der Waals surface area (Å²) in [5.41, 5.74) is 2.56. The van der Waals surface area contributed by atoms with Gasteiger partial charge in [0, 0.05) is 12.1 Å². The van der Waals surface area contributed by atoms with Crippen LogP contribution < -0.4 is 15.4 Å². The Kier molecular flexibility index (Phi) is 7.82. The third-order valence-electron chi connectivity index (χ3n) is 4.66. The molecule has 0 fully saturated rings. The lowest BCUT2D eigenvalue weighted by molar-refractivity contribution is 0.0955. The standard InChI is InChI=1S/C26H28N2O3/c1-19(2)18-31-22-14-12-21(13-15-22)25(29)28-24-11-7-6-10-23(24)26(30)27-17-16-20-8-4-3-5-9-20/h3-15,19H,16-18H2,1-2H3,(H,27,30)(H,28,29). The molecule has 0 bridgehead atoms. The molecule has 3 rings (SSSR count). The van der Waals surface area contributed by atoms with E-state index in [0.29, 0.717) is 35.9 Å². The monoisotopic (exact) mass is 416 g/mol. The molecule has 5 nitrogen and oxygen atoms in total. The smallest absolute Gasteiger partial charge is 0.255 e. The number of ether oxygens (including phenoxy) is 1. The fourth-order valence-electron chi connectivity index (χ4n) is 3.01. The molecule has 5 heteroatoms. The first-order chi connectivity index (χ1) is 15.0. The molecule has 160 valence electrons. The van der Waals surface area contributed by atoms with Crippen molar-refractivity contribution in [3.05, 3.63) is 95.6 Å². The molecule has 0 heterocycles. The molecule has 0 aliphatic heterocycles. The third kappa shape index (κ3) is 6.71. The van der Waals surface area contributed by atoms with Gasteiger partial charge < -0.3 is 15.4 Å². The largest absolute Gasteiger partial charge is 0.493 e. The SMILES string of the molecule is CC(C)COc1ccc(C(=O)Nc2ccccc2C(=O)NCCc2ccccc2)cc1. The Hall–Kier alpha value is -3.60. The van der Waals surface area contributed by atoms with E-state index in [1.165, 1.54) is 0 Å². The minimum absolute atomic E-state index is 0.218. The van der Waals surface area contributed by atoms with Gasteiger partial charge in [0.2, 0.25) is 0 Å². The predicted molar refractivity (Wildman–Crippen MR) is 124 cm³/mol. The Morgan fingerprint density at radius 3 is 2.23 bits per heavy atom. The summed E-state index contributed by atoms with van der Waals surface area (Å²) in [7, 11) is 0. The number of para-hydroxylation sites is 1. The number of anilines is 1. The van der Waals surface area contributed by atoms with E-state index in [2.05, 4.69) is 24.5 Å². The third-order valence-corrected chi connectivity index (χ3v) is 4.66. The van der Waals surface area contributed by atoms with Crippen molar-refractivity contribution in [3.63, 3.8) is 0 Å². The van der Waals surface area contributed by atoms with Gasteiger partial charge in [0.25, 0.3) is 11.8 Å². The van der Waals surface area contributed by atoms with Crippen LogP contribution in [-0.2, 0) is 6.42 Å². The highest BCUT2D eigenvalue weighted by Crippen LogP contribution is 2.18. The van der Waals surface area contributed by atoms with Crippen LogP contribution >= 0.6 is 0 Å². The average molecular weight is 417 g/mol. The Bertz CT molecular complexity index is 999. The van der Waals surface area contributed by atoms with Crippen LogP contribution in [0, 0.1) is 5.92 Å². The summed E-state index contributed by atoms with van der Waals surface area (Å²) in [5, 5.41) is 5.77. The molecule has 3 aromatic carbocycles. The van der Waals surface area contributed by atoms with E-state index in [-0.39, 0.29) is 11.8 Å². The maximum Gasteiger partial charge on any atom is 0.255 e. The lowest BCUT2D eigenvalue weighted by Gasteiger charge is -2.12. The molecule has 0 aromatic heterocycles. The first kappa shape index (κ1) is 22.1. The van der Waals surface area contributed by atoms with Crippen molar-refractivity contribution in [3.8, 4) is 5.75 Å². The second kappa shape index (κ2) is 11.0. The molecule has 0 atom stereocenters. The lowest BCUT2D eigenvalue weighted by Crippen LogP contribution is -2.27. The number of carbonyl (C=O) groups is 2. The Balaban J connectivity index is 1.60. The van der Waals surface area contributed by atoms with Gasteiger partial charge in [-0.15, -0.1) is 0 Å². The fourth-order valence-corrected chi connectivity index (χ4v) is 3.01. The van der Waals surface area contributed by atoms with Gasteiger partial charge in [-0.3, -0.25) is 9.59 Å². The molecule has 31 heavy (non-hydrogen) atoms. The second-order valence-corrected chi connectivity index (χ2v) is 7.72. The number of carbonyl (C=O) groups excluding carboxylic acids is 2. The Morgan fingerprint density at radius 2 is 1.52 bits per heavy atom. The first-order valence-corrected chi connectivity index (χ1v) is 10.5. The predicted octanol–water partition coefficient (Wildman–Crippen LogP) is 4.95. The van der Waals surface area contributed by atoms with E-state index < -0.39 is 0 Å². The zero-order chi connectivity index (χ0) is 22.1. The summed E-state index contributed by atoms with van der Waals surface area (Å²) in [4.78, 5) is 25.3. The second-order valence-electron chi connectivity index (χ2n) is 7.72. The van der Waals surface area contributed by atoms with Crippen molar-refractivity contribution >= 4 is 17.5 Å². The number of benzene rings is 3. The molecule has 0 unspecified atom stereocenters.